The zero-order chi connectivity index (χ0) is 10.8. The summed E-state index contributed by atoms with van der Waals surface area (Å²) < 4.78 is 5.74. The lowest BCUT2D eigenvalue weighted by Gasteiger charge is -2.06. The minimum Gasteiger partial charge on any atom is -0.457 e. The van der Waals surface area contributed by atoms with Gasteiger partial charge in [-0.25, -0.2) is 0 Å². The van der Waals surface area contributed by atoms with Gasteiger partial charge in [-0.1, -0.05) is 24.3 Å². The fraction of sp³-hybridized carbons (Fsp3) is 0. The lowest BCUT2D eigenvalue weighted by Crippen LogP contribution is -2.10. The fourth-order valence-electron chi connectivity index (χ4n) is 1.77. The first kappa shape index (κ1) is 9.22. The highest BCUT2D eigenvalue weighted by Crippen LogP contribution is 2.21. The van der Waals surface area contributed by atoms with Crippen molar-refractivity contribution in [2.45, 2.75) is 0 Å². The third-order valence-corrected chi connectivity index (χ3v) is 2.59. The second-order valence-electron chi connectivity index (χ2n) is 3.75. The summed E-state index contributed by atoms with van der Waals surface area (Å²) in [6, 6.07) is 15.9. The molecule has 76 valence electrons. The maximum atomic E-state index is 5.74. The van der Waals surface area contributed by atoms with E-state index in [9.17, 15) is 0 Å². The van der Waals surface area contributed by atoms with Gasteiger partial charge in [0.1, 0.15) is 11.5 Å². The summed E-state index contributed by atoms with van der Waals surface area (Å²) in [7, 11) is 0.793. The Morgan fingerprint density at radius 2 is 1.81 bits per heavy atom. The van der Waals surface area contributed by atoms with Crippen LogP contribution in [-0.4, -0.2) is 13.6 Å². The number of ether oxygens (including phenoxy) is 1. The first-order chi connectivity index (χ1) is 7.92. The van der Waals surface area contributed by atoms with Gasteiger partial charge >= 0.3 is 0 Å². The van der Waals surface area contributed by atoms with Gasteiger partial charge in [0.05, 0.1) is 0 Å². The minimum atomic E-state index is 0.793. The summed E-state index contributed by atoms with van der Waals surface area (Å²) in [6.45, 7) is 0. The molecule has 0 bridgehead atoms. The SMILES string of the molecule is B1N=Cc2cc(Oc3ccccc3)ccc21. The number of hydrogen-bond donors (Lipinski definition) is 0. The van der Waals surface area contributed by atoms with Crippen molar-refractivity contribution in [3.05, 3.63) is 54.1 Å². The van der Waals surface area contributed by atoms with Crippen LogP contribution in [0.15, 0.2) is 53.4 Å². The normalized spacial score (nSPS) is 12.0. The van der Waals surface area contributed by atoms with Gasteiger partial charge in [0, 0.05) is 6.21 Å². The molecule has 0 amide bonds. The molecule has 3 rings (SSSR count). The van der Waals surface area contributed by atoms with E-state index in [1.54, 1.807) is 0 Å². The van der Waals surface area contributed by atoms with E-state index in [1.807, 2.05) is 48.7 Å². The Morgan fingerprint density at radius 3 is 2.69 bits per heavy atom. The predicted octanol–water partition coefficient (Wildman–Crippen LogP) is 1.89. The van der Waals surface area contributed by atoms with E-state index >= 15 is 0 Å². The lowest BCUT2D eigenvalue weighted by molar-refractivity contribution is 0.483. The molecule has 2 aromatic rings. The van der Waals surface area contributed by atoms with Crippen molar-refractivity contribution in [2.24, 2.45) is 4.90 Å². The molecule has 0 aromatic heterocycles. The van der Waals surface area contributed by atoms with Crippen LogP contribution in [0.5, 0.6) is 11.5 Å². The lowest BCUT2D eigenvalue weighted by atomic mass is 9.84. The van der Waals surface area contributed by atoms with Crippen LogP contribution in [0.25, 0.3) is 0 Å². The molecule has 0 radical (unpaired) electrons. The van der Waals surface area contributed by atoms with Gasteiger partial charge in [0.25, 0.3) is 7.41 Å². The van der Waals surface area contributed by atoms with Crippen molar-refractivity contribution in [3.8, 4) is 11.5 Å². The quantitative estimate of drug-likeness (QED) is 0.689. The third-order valence-electron chi connectivity index (χ3n) is 2.59. The Labute approximate surface area is 94.9 Å². The van der Waals surface area contributed by atoms with Crippen molar-refractivity contribution in [1.29, 1.82) is 0 Å². The summed E-state index contributed by atoms with van der Waals surface area (Å²) >= 11 is 0. The Bertz CT molecular complexity index is 537. The largest absolute Gasteiger partial charge is 0.457 e. The maximum absolute atomic E-state index is 5.74. The molecule has 0 N–H and O–H groups in total. The standard InChI is InChI=1S/C13H10BNO/c1-2-4-11(5-3-1)16-12-6-7-13-10(8-12)9-15-14-13/h1-9,14H. The van der Waals surface area contributed by atoms with Gasteiger partial charge in [-0.15, -0.1) is 0 Å². The molecule has 1 aliphatic heterocycles. The molecule has 0 atom stereocenters. The van der Waals surface area contributed by atoms with Crippen molar-refractivity contribution in [3.63, 3.8) is 0 Å². The number of hydrogen-bond acceptors (Lipinski definition) is 2. The second-order valence-corrected chi connectivity index (χ2v) is 3.75. The van der Waals surface area contributed by atoms with Crippen LogP contribution >= 0.6 is 0 Å². The van der Waals surface area contributed by atoms with Gasteiger partial charge in [-0.3, -0.25) is 0 Å². The van der Waals surface area contributed by atoms with Crippen LogP contribution in [0, 0.1) is 0 Å². The van der Waals surface area contributed by atoms with Gasteiger partial charge < -0.3 is 9.64 Å². The van der Waals surface area contributed by atoms with Gasteiger partial charge in [-0.2, -0.15) is 0 Å². The Kier molecular flexibility index (Phi) is 2.22. The number of fused-ring (bicyclic) bond motifs is 1. The molecule has 1 aliphatic rings. The first-order valence-corrected chi connectivity index (χ1v) is 5.27. The van der Waals surface area contributed by atoms with Gasteiger partial charge in [0.15, 0.2) is 0 Å². The van der Waals surface area contributed by atoms with Crippen LogP contribution in [0.2, 0.25) is 0 Å². The van der Waals surface area contributed by atoms with E-state index in [0.717, 1.165) is 24.5 Å². The van der Waals surface area contributed by atoms with Gasteiger partial charge in [0.2, 0.25) is 0 Å². The van der Waals surface area contributed by atoms with Crippen molar-refractivity contribution >= 4 is 19.1 Å². The van der Waals surface area contributed by atoms with Crippen LogP contribution in [-0.2, 0) is 0 Å². The molecule has 2 aromatic carbocycles. The molecule has 3 heteroatoms. The van der Waals surface area contributed by atoms with Crippen molar-refractivity contribution in [1.82, 2.24) is 0 Å². The van der Waals surface area contributed by atoms with E-state index in [0.29, 0.717) is 0 Å². The molecule has 0 spiro atoms. The molecule has 2 nitrogen and oxygen atoms in total. The summed E-state index contributed by atoms with van der Waals surface area (Å²) in [5.74, 6) is 1.72. The van der Waals surface area contributed by atoms with E-state index in [4.69, 9.17) is 4.74 Å². The average Bonchev–Trinajstić information content (AvgIpc) is 2.77. The average molecular weight is 207 g/mol. The topological polar surface area (TPSA) is 21.6 Å². The number of rotatable bonds is 2. The van der Waals surface area contributed by atoms with Crippen LogP contribution in [0.4, 0.5) is 0 Å². The van der Waals surface area contributed by atoms with Crippen molar-refractivity contribution in [2.75, 3.05) is 0 Å². The van der Waals surface area contributed by atoms with E-state index in [1.165, 1.54) is 5.46 Å². The number of nitrogens with zero attached hydrogens (tertiary/aromatic N) is 1. The highest BCUT2D eigenvalue weighted by Gasteiger charge is 2.08. The summed E-state index contributed by atoms with van der Waals surface area (Å²) in [5, 5.41) is 0. The molecule has 0 fully saturated rings. The number of para-hydroxylation sites is 1. The highest BCUT2D eigenvalue weighted by atomic mass is 16.5. The maximum Gasteiger partial charge on any atom is 0.295 e. The van der Waals surface area contributed by atoms with Crippen LogP contribution in [0.1, 0.15) is 5.56 Å². The van der Waals surface area contributed by atoms with E-state index < -0.39 is 0 Å². The zero-order valence-corrected chi connectivity index (χ0v) is 8.76. The molecule has 0 saturated carbocycles. The van der Waals surface area contributed by atoms with Crippen molar-refractivity contribution < 1.29 is 4.74 Å². The Morgan fingerprint density at radius 1 is 0.938 bits per heavy atom. The second kappa shape index (κ2) is 3.85. The fourth-order valence-corrected chi connectivity index (χ4v) is 1.77. The molecule has 0 aliphatic carbocycles. The number of benzene rings is 2. The predicted molar refractivity (Wildman–Crippen MR) is 67.3 cm³/mol. The van der Waals surface area contributed by atoms with Crippen LogP contribution in [0.3, 0.4) is 0 Å². The van der Waals surface area contributed by atoms with Gasteiger partial charge in [-0.05, 0) is 35.3 Å². The molecule has 1 heterocycles. The molecular formula is C13H10BNO. The Hall–Kier alpha value is -2.03. The van der Waals surface area contributed by atoms with E-state index in [-0.39, 0.29) is 0 Å². The van der Waals surface area contributed by atoms with E-state index in [2.05, 4.69) is 11.0 Å². The monoisotopic (exact) mass is 207 g/mol. The first-order valence-electron chi connectivity index (χ1n) is 5.27. The molecule has 0 saturated heterocycles. The minimum absolute atomic E-state index is 0.793. The smallest absolute Gasteiger partial charge is 0.295 e. The molecule has 0 unspecified atom stereocenters. The zero-order valence-electron chi connectivity index (χ0n) is 8.76. The molecular weight excluding hydrogens is 197 g/mol. The Balaban J connectivity index is 1.88. The van der Waals surface area contributed by atoms with Crippen LogP contribution < -0.4 is 10.2 Å². The third kappa shape index (κ3) is 1.72. The summed E-state index contributed by atoms with van der Waals surface area (Å²) in [5.41, 5.74) is 2.42. The summed E-state index contributed by atoms with van der Waals surface area (Å²) in [6.07, 6.45) is 1.90. The molecule has 16 heavy (non-hydrogen) atoms. The summed E-state index contributed by atoms with van der Waals surface area (Å²) in [4.78, 5) is 4.22. The highest BCUT2D eigenvalue weighted by molar-refractivity contribution is 6.57.